The van der Waals surface area contributed by atoms with Crippen LogP contribution in [-0.4, -0.2) is 24.9 Å². The van der Waals surface area contributed by atoms with Gasteiger partial charge in [0, 0.05) is 19.2 Å². The third kappa shape index (κ3) is 6.01. The fraction of sp³-hybridized carbons (Fsp3) is 0.286. The van der Waals surface area contributed by atoms with Gasteiger partial charge in [0.25, 0.3) is 0 Å². The normalized spacial score (nSPS) is 11.2. The highest BCUT2D eigenvalue weighted by Crippen LogP contribution is 2.07. The molecule has 24 heavy (non-hydrogen) atoms. The molecule has 2 rings (SSSR count). The SMILES string of the molecule is CCc1ccc(/C=C/C(=O)NCc2ccc(CN(C)C)cc2)cc1. The van der Waals surface area contributed by atoms with E-state index in [9.17, 15) is 4.79 Å². The maximum absolute atomic E-state index is 11.9. The number of benzene rings is 2. The molecule has 0 aliphatic heterocycles. The van der Waals surface area contributed by atoms with Crippen LogP contribution in [0.3, 0.4) is 0 Å². The first kappa shape index (κ1) is 18.0. The minimum absolute atomic E-state index is 0.0769. The monoisotopic (exact) mass is 322 g/mol. The first-order valence-corrected chi connectivity index (χ1v) is 8.34. The largest absolute Gasteiger partial charge is 0.348 e. The second kappa shape index (κ2) is 9.04. The molecule has 3 heteroatoms. The van der Waals surface area contributed by atoms with E-state index in [1.807, 2.05) is 18.2 Å². The van der Waals surface area contributed by atoms with Crippen molar-refractivity contribution in [3.63, 3.8) is 0 Å². The van der Waals surface area contributed by atoms with Gasteiger partial charge in [0.05, 0.1) is 0 Å². The van der Waals surface area contributed by atoms with Gasteiger partial charge in [0.2, 0.25) is 5.91 Å². The van der Waals surface area contributed by atoms with Crippen molar-refractivity contribution in [3.05, 3.63) is 76.9 Å². The van der Waals surface area contributed by atoms with Crippen LogP contribution in [-0.2, 0) is 24.3 Å². The lowest BCUT2D eigenvalue weighted by Crippen LogP contribution is -2.20. The fourth-order valence-corrected chi connectivity index (χ4v) is 2.41. The summed E-state index contributed by atoms with van der Waals surface area (Å²) in [6.07, 6.45) is 4.45. The number of hydrogen-bond donors (Lipinski definition) is 1. The van der Waals surface area contributed by atoms with Gasteiger partial charge in [-0.2, -0.15) is 0 Å². The molecule has 0 saturated heterocycles. The van der Waals surface area contributed by atoms with E-state index in [1.165, 1.54) is 11.1 Å². The van der Waals surface area contributed by atoms with Crippen molar-refractivity contribution in [2.45, 2.75) is 26.4 Å². The van der Waals surface area contributed by atoms with Crippen molar-refractivity contribution < 1.29 is 4.79 Å². The molecule has 0 atom stereocenters. The number of aryl methyl sites for hydroxylation is 1. The van der Waals surface area contributed by atoms with Gasteiger partial charge in [-0.1, -0.05) is 55.5 Å². The van der Waals surface area contributed by atoms with Crippen molar-refractivity contribution in [1.82, 2.24) is 10.2 Å². The van der Waals surface area contributed by atoms with E-state index in [2.05, 4.69) is 67.6 Å². The summed E-state index contributed by atoms with van der Waals surface area (Å²) >= 11 is 0. The van der Waals surface area contributed by atoms with Crippen LogP contribution in [0, 0.1) is 0 Å². The first-order chi connectivity index (χ1) is 11.6. The third-order valence-corrected chi connectivity index (χ3v) is 3.80. The average molecular weight is 322 g/mol. The van der Waals surface area contributed by atoms with Gasteiger partial charge in [-0.3, -0.25) is 4.79 Å². The molecule has 0 spiro atoms. The predicted molar refractivity (Wildman–Crippen MR) is 101 cm³/mol. The van der Waals surface area contributed by atoms with Crippen LogP contribution in [0.5, 0.6) is 0 Å². The average Bonchev–Trinajstić information content (AvgIpc) is 2.59. The Kier molecular flexibility index (Phi) is 6.76. The van der Waals surface area contributed by atoms with E-state index >= 15 is 0 Å². The number of hydrogen-bond acceptors (Lipinski definition) is 2. The summed E-state index contributed by atoms with van der Waals surface area (Å²) in [7, 11) is 4.10. The molecule has 0 aliphatic rings. The topological polar surface area (TPSA) is 32.3 Å². The molecule has 2 aromatic carbocycles. The zero-order valence-corrected chi connectivity index (χ0v) is 14.8. The molecule has 126 valence electrons. The van der Waals surface area contributed by atoms with Crippen LogP contribution < -0.4 is 5.32 Å². The molecule has 0 radical (unpaired) electrons. The minimum atomic E-state index is -0.0769. The van der Waals surface area contributed by atoms with Crippen molar-refractivity contribution in [2.75, 3.05) is 14.1 Å². The predicted octanol–water partition coefficient (Wildman–Crippen LogP) is 3.64. The van der Waals surface area contributed by atoms with Crippen molar-refractivity contribution in [1.29, 1.82) is 0 Å². The molecule has 0 unspecified atom stereocenters. The third-order valence-electron chi connectivity index (χ3n) is 3.80. The van der Waals surface area contributed by atoms with Crippen LogP contribution in [0.2, 0.25) is 0 Å². The van der Waals surface area contributed by atoms with E-state index in [4.69, 9.17) is 0 Å². The second-order valence-electron chi connectivity index (χ2n) is 6.20. The Morgan fingerprint density at radius 1 is 0.958 bits per heavy atom. The summed E-state index contributed by atoms with van der Waals surface area (Å²) in [5, 5.41) is 2.92. The molecule has 0 saturated carbocycles. The Balaban J connectivity index is 1.82. The molecule has 0 heterocycles. The number of carbonyl (C=O) groups excluding carboxylic acids is 1. The van der Waals surface area contributed by atoms with Crippen LogP contribution in [0.4, 0.5) is 0 Å². The van der Waals surface area contributed by atoms with E-state index in [0.717, 1.165) is 24.1 Å². The van der Waals surface area contributed by atoms with Gasteiger partial charge in [-0.25, -0.2) is 0 Å². The molecule has 0 aromatic heterocycles. The van der Waals surface area contributed by atoms with Gasteiger partial charge in [-0.05, 0) is 48.8 Å². The lowest BCUT2D eigenvalue weighted by Gasteiger charge is -2.10. The van der Waals surface area contributed by atoms with Crippen LogP contribution in [0.25, 0.3) is 6.08 Å². The minimum Gasteiger partial charge on any atom is -0.348 e. The highest BCUT2D eigenvalue weighted by molar-refractivity contribution is 5.91. The molecule has 0 bridgehead atoms. The summed E-state index contributed by atoms with van der Waals surface area (Å²) < 4.78 is 0. The maximum atomic E-state index is 11.9. The van der Waals surface area contributed by atoms with Gasteiger partial charge in [0.15, 0.2) is 0 Å². The van der Waals surface area contributed by atoms with Crippen LogP contribution in [0.1, 0.15) is 29.2 Å². The lowest BCUT2D eigenvalue weighted by molar-refractivity contribution is -0.116. The summed E-state index contributed by atoms with van der Waals surface area (Å²) in [6.45, 7) is 3.59. The summed E-state index contributed by atoms with van der Waals surface area (Å²) in [5.74, 6) is -0.0769. The highest BCUT2D eigenvalue weighted by Gasteiger charge is 1.99. The van der Waals surface area contributed by atoms with E-state index in [0.29, 0.717) is 6.54 Å². The number of carbonyl (C=O) groups is 1. The molecule has 0 aliphatic carbocycles. The van der Waals surface area contributed by atoms with Crippen molar-refractivity contribution in [2.24, 2.45) is 0 Å². The zero-order chi connectivity index (χ0) is 17.4. The quantitative estimate of drug-likeness (QED) is 0.789. The summed E-state index contributed by atoms with van der Waals surface area (Å²) in [5.41, 5.74) is 4.71. The molecular weight excluding hydrogens is 296 g/mol. The molecule has 0 fully saturated rings. The van der Waals surface area contributed by atoms with E-state index in [-0.39, 0.29) is 5.91 Å². The van der Waals surface area contributed by atoms with E-state index in [1.54, 1.807) is 6.08 Å². The second-order valence-corrected chi connectivity index (χ2v) is 6.20. The van der Waals surface area contributed by atoms with E-state index < -0.39 is 0 Å². The summed E-state index contributed by atoms with van der Waals surface area (Å²) in [6, 6.07) is 16.6. The molecule has 2 aromatic rings. The Morgan fingerprint density at radius 3 is 2.12 bits per heavy atom. The molecule has 3 nitrogen and oxygen atoms in total. The number of rotatable bonds is 7. The highest BCUT2D eigenvalue weighted by atomic mass is 16.1. The molecule has 1 N–H and O–H groups in total. The van der Waals surface area contributed by atoms with Gasteiger partial charge in [0.1, 0.15) is 0 Å². The molecule has 1 amide bonds. The number of nitrogens with one attached hydrogen (secondary N) is 1. The van der Waals surface area contributed by atoms with Gasteiger partial charge < -0.3 is 10.2 Å². The number of amides is 1. The lowest BCUT2D eigenvalue weighted by atomic mass is 10.1. The summed E-state index contributed by atoms with van der Waals surface area (Å²) in [4.78, 5) is 14.1. The Morgan fingerprint density at radius 2 is 1.54 bits per heavy atom. The zero-order valence-electron chi connectivity index (χ0n) is 14.8. The maximum Gasteiger partial charge on any atom is 0.244 e. The number of nitrogens with zero attached hydrogens (tertiary/aromatic N) is 1. The van der Waals surface area contributed by atoms with Crippen LogP contribution in [0.15, 0.2) is 54.6 Å². The van der Waals surface area contributed by atoms with Gasteiger partial charge >= 0.3 is 0 Å². The Hall–Kier alpha value is -2.39. The van der Waals surface area contributed by atoms with Crippen LogP contribution >= 0.6 is 0 Å². The fourth-order valence-electron chi connectivity index (χ4n) is 2.41. The first-order valence-electron chi connectivity index (χ1n) is 8.34. The standard InChI is InChI=1S/C21H26N2O/c1-4-17-5-7-18(8-6-17)13-14-21(24)22-15-19-9-11-20(12-10-19)16-23(2)3/h5-14H,4,15-16H2,1-3H3,(H,22,24)/b14-13+. The Labute approximate surface area is 145 Å². The Bertz CT molecular complexity index is 670. The van der Waals surface area contributed by atoms with Crippen molar-refractivity contribution in [3.8, 4) is 0 Å². The van der Waals surface area contributed by atoms with Gasteiger partial charge in [-0.15, -0.1) is 0 Å². The smallest absolute Gasteiger partial charge is 0.244 e. The molecular formula is C21H26N2O. The van der Waals surface area contributed by atoms with Crippen molar-refractivity contribution >= 4 is 12.0 Å².